The molecule has 0 aliphatic carbocycles. The molecule has 1 aromatic carbocycles. The molecule has 9 nitrogen and oxygen atoms in total. The van der Waals surface area contributed by atoms with Crippen LogP contribution in [-0.4, -0.2) is 50.0 Å². The minimum absolute atomic E-state index is 0.102. The van der Waals surface area contributed by atoms with E-state index in [-0.39, 0.29) is 23.5 Å². The van der Waals surface area contributed by atoms with Crippen LogP contribution in [0.25, 0.3) is 0 Å². The second kappa shape index (κ2) is 11.3. The number of pyridine rings is 1. The molecular formula is C28H35F4N5O4S. The van der Waals surface area contributed by atoms with E-state index in [9.17, 15) is 30.8 Å². The maximum absolute atomic E-state index is 14.5. The predicted octanol–water partition coefficient (Wildman–Crippen LogP) is 5.19. The maximum atomic E-state index is 14.5. The van der Waals surface area contributed by atoms with Crippen molar-refractivity contribution in [2.24, 2.45) is 10.6 Å². The molecule has 3 heterocycles. The molecule has 4 rings (SSSR count). The molecule has 2 N–H and O–H groups in total. The van der Waals surface area contributed by atoms with Gasteiger partial charge >= 0.3 is 6.18 Å². The van der Waals surface area contributed by atoms with Gasteiger partial charge in [-0.3, -0.25) is 9.52 Å². The molecular weight excluding hydrogens is 578 g/mol. The molecule has 1 saturated heterocycles. The zero-order chi connectivity index (χ0) is 31.1. The Hall–Kier alpha value is -3.42. The Morgan fingerprint density at radius 2 is 1.81 bits per heavy atom. The SMILES string of the molecule is CC(C(=O)NCc1ccc(C(F)(F)F)nc1N1CCC2(CC1)CC(C(C)(C)C)=NO2)c1ccc(NS(C)(=O)=O)c(F)c1. The zero-order valence-electron chi connectivity index (χ0n) is 24.1. The Morgan fingerprint density at radius 3 is 2.36 bits per heavy atom. The number of nitrogens with zero attached hydrogens (tertiary/aromatic N) is 3. The number of amides is 1. The number of oxime groups is 1. The van der Waals surface area contributed by atoms with Crippen LogP contribution >= 0.6 is 0 Å². The van der Waals surface area contributed by atoms with Gasteiger partial charge in [0.25, 0.3) is 0 Å². The van der Waals surface area contributed by atoms with Gasteiger partial charge in [0, 0.05) is 49.9 Å². The largest absolute Gasteiger partial charge is 0.433 e. The first kappa shape index (κ1) is 31.5. The number of hydrogen-bond donors (Lipinski definition) is 2. The fraction of sp³-hybridized carbons (Fsp3) is 0.536. The molecule has 1 atom stereocenters. The van der Waals surface area contributed by atoms with Crippen molar-refractivity contribution in [2.45, 2.75) is 71.2 Å². The third-order valence-corrected chi connectivity index (χ3v) is 8.15. The minimum atomic E-state index is -4.64. The average molecular weight is 614 g/mol. The lowest BCUT2D eigenvalue weighted by molar-refractivity contribution is -0.141. The standard InChI is InChI=1S/C28H35F4N5O4S/c1-17(18-6-8-21(20(29)14-18)36-42(5,39)40)25(38)33-16-19-7-9-22(28(30,31)32)34-24(19)37-12-10-27(11-13-37)15-23(35-41-27)26(2,3)4/h6-9,14,17,36H,10-13,15-16H2,1-5H3,(H,33,38). The Bertz CT molecular complexity index is 1480. The number of nitrogens with one attached hydrogen (secondary N) is 2. The van der Waals surface area contributed by atoms with Gasteiger partial charge in [-0.1, -0.05) is 38.1 Å². The van der Waals surface area contributed by atoms with E-state index >= 15 is 0 Å². The van der Waals surface area contributed by atoms with Gasteiger partial charge in [-0.05, 0) is 30.7 Å². The van der Waals surface area contributed by atoms with Crippen LogP contribution < -0.4 is 14.9 Å². The highest BCUT2D eigenvalue weighted by molar-refractivity contribution is 7.92. The molecule has 0 bridgehead atoms. The van der Waals surface area contributed by atoms with Crippen molar-refractivity contribution in [2.75, 3.05) is 29.0 Å². The summed E-state index contributed by atoms with van der Waals surface area (Å²) in [6.45, 7) is 8.39. The summed E-state index contributed by atoms with van der Waals surface area (Å²) in [6, 6.07) is 5.90. The first-order valence-electron chi connectivity index (χ1n) is 13.5. The van der Waals surface area contributed by atoms with E-state index in [0.717, 1.165) is 24.1 Å². The number of rotatable bonds is 7. The van der Waals surface area contributed by atoms with Crippen LogP contribution in [0.5, 0.6) is 0 Å². The van der Waals surface area contributed by atoms with Gasteiger partial charge in [0.05, 0.1) is 23.6 Å². The Balaban J connectivity index is 1.47. The van der Waals surface area contributed by atoms with Crippen LogP contribution in [0.1, 0.15) is 69.7 Å². The molecule has 1 aromatic heterocycles. The van der Waals surface area contributed by atoms with Crippen molar-refractivity contribution < 1.29 is 35.6 Å². The molecule has 0 saturated carbocycles. The lowest BCUT2D eigenvalue weighted by atomic mass is 9.79. The van der Waals surface area contributed by atoms with Crippen LogP contribution in [0.4, 0.5) is 29.1 Å². The number of aromatic nitrogens is 1. The fourth-order valence-electron chi connectivity index (χ4n) is 4.93. The summed E-state index contributed by atoms with van der Waals surface area (Å²) in [7, 11) is -3.69. The number of carbonyl (C=O) groups excluding carboxylic acids is 1. The molecule has 0 radical (unpaired) electrons. The smallest absolute Gasteiger partial charge is 0.389 e. The molecule has 1 spiro atoms. The second-order valence-corrected chi connectivity index (χ2v) is 13.7. The molecule has 2 aliphatic rings. The number of halogens is 4. The summed E-state index contributed by atoms with van der Waals surface area (Å²) >= 11 is 0. The van der Waals surface area contributed by atoms with Crippen LogP contribution in [-0.2, 0) is 32.4 Å². The van der Waals surface area contributed by atoms with Gasteiger partial charge in [-0.25, -0.2) is 17.8 Å². The molecule has 1 amide bonds. The van der Waals surface area contributed by atoms with Crippen LogP contribution in [0, 0.1) is 11.2 Å². The molecule has 14 heteroatoms. The molecule has 1 fully saturated rings. The minimum Gasteiger partial charge on any atom is -0.389 e. The van der Waals surface area contributed by atoms with Crippen LogP contribution in [0.15, 0.2) is 35.5 Å². The van der Waals surface area contributed by atoms with E-state index in [4.69, 9.17) is 4.84 Å². The van der Waals surface area contributed by atoms with E-state index in [1.807, 2.05) is 0 Å². The summed E-state index contributed by atoms with van der Waals surface area (Å²) in [5, 5.41) is 7.01. The van der Waals surface area contributed by atoms with Gasteiger partial charge in [-0.15, -0.1) is 0 Å². The fourth-order valence-corrected chi connectivity index (χ4v) is 5.50. The summed E-state index contributed by atoms with van der Waals surface area (Å²) in [5.74, 6) is -2.04. The maximum Gasteiger partial charge on any atom is 0.433 e. The Labute approximate surface area is 242 Å². The van der Waals surface area contributed by atoms with Gasteiger partial charge in [-0.2, -0.15) is 13.2 Å². The van der Waals surface area contributed by atoms with E-state index in [2.05, 4.69) is 40.9 Å². The number of benzene rings is 1. The van der Waals surface area contributed by atoms with Crippen molar-refractivity contribution in [1.82, 2.24) is 10.3 Å². The van der Waals surface area contributed by atoms with E-state index in [1.54, 1.807) is 11.8 Å². The van der Waals surface area contributed by atoms with Gasteiger partial charge in [0.1, 0.15) is 22.9 Å². The lowest BCUT2D eigenvalue weighted by Gasteiger charge is -2.39. The number of alkyl halides is 3. The van der Waals surface area contributed by atoms with Crippen molar-refractivity contribution in [1.29, 1.82) is 0 Å². The number of hydrogen-bond acceptors (Lipinski definition) is 7. The first-order valence-corrected chi connectivity index (χ1v) is 15.4. The molecule has 1 unspecified atom stereocenters. The first-order chi connectivity index (χ1) is 19.4. The number of carbonyl (C=O) groups is 1. The lowest BCUT2D eigenvalue weighted by Crippen LogP contribution is -2.46. The molecule has 42 heavy (non-hydrogen) atoms. The number of sulfonamides is 1. The predicted molar refractivity (Wildman–Crippen MR) is 151 cm³/mol. The third-order valence-electron chi connectivity index (χ3n) is 7.56. The van der Waals surface area contributed by atoms with Crippen LogP contribution in [0.3, 0.4) is 0 Å². The molecule has 230 valence electrons. The van der Waals surface area contributed by atoms with Crippen LogP contribution in [0.2, 0.25) is 0 Å². The monoisotopic (exact) mass is 613 g/mol. The van der Waals surface area contributed by atoms with E-state index < -0.39 is 45.1 Å². The van der Waals surface area contributed by atoms with E-state index in [0.29, 0.717) is 43.5 Å². The van der Waals surface area contributed by atoms with Crippen molar-refractivity contribution in [3.8, 4) is 0 Å². The second-order valence-electron chi connectivity index (χ2n) is 12.0. The normalized spacial score (nSPS) is 17.9. The number of anilines is 2. The molecule has 2 aromatic rings. The van der Waals surface area contributed by atoms with Crippen molar-refractivity contribution in [3.63, 3.8) is 0 Å². The summed E-state index contributed by atoms with van der Waals surface area (Å²) < 4.78 is 80.0. The number of piperidine rings is 1. The highest BCUT2D eigenvalue weighted by atomic mass is 32.2. The quantitative estimate of drug-likeness (QED) is 0.416. The topological polar surface area (TPSA) is 113 Å². The Kier molecular flexibility index (Phi) is 8.51. The molecule has 2 aliphatic heterocycles. The third kappa shape index (κ3) is 7.31. The van der Waals surface area contributed by atoms with Gasteiger partial charge in [0.2, 0.25) is 15.9 Å². The average Bonchev–Trinajstić information content (AvgIpc) is 3.31. The van der Waals surface area contributed by atoms with Gasteiger partial charge < -0.3 is 15.1 Å². The van der Waals surface area contributed by atoms with Gasteiger partial charge in [0.15, 0.2) is 0 Å². The van der Waals surface area contributed by atoms with Crippen molar-refractivity contribution in [3.05, 3.63) is 53.0 Å². The highest BCUT2D eigenvalue weighted by Crippen LogP contribution is 2.40. The zero-order valence-corrected chi connectivity index (χ0v) is 24.9. The van der Waals surface area contributed by atoms with E-state index in [1.165, 1.54) is 18.2 Å². The summed E-state index contributed by atoms with van der Waals surface area (Å²) in [5.41, 5.74) is -0.274. The summed E-state index contributed by atoms with van der Waals surface area (Å²) in [4.78, 5) is 24.5. The Morgan fingerprint density at radius 1 is 1.14 bits per heavy atom. The highest BCUT2D eigenvalue weighted by Gasteiger charge is 2.45. The van der Waals surface area contributed by atoms with Crippen molar-refractivity contribution >= 4 is 33.1 Å². The summed E-state index contributed by atoms with van der Waals surface area (Å²) in [6.07, 6.45) is -2.00.